The first-order valence-electron chi connectivity index (χ1n) is 4.06. The highest BCUT2D eigenvalue weighted by atomic mass is 35.5. The molecule has 0 radical (unpaired) electrons. The zero-order valence-corrected chi connectivity index (χ0v) is 7.67. The SMILES string of the molecule is Oc1c(Cl)ccc2c1OCCCO2. The van der Waals surface area contributed by atoms with Gasteiger partial charge in [-0.05, 0) is 12.1 Å². The second kappa shape index (κ2) is 3.34. The second-order valence-corrected chi connectivity index (χ2v) is 3.18. The molecule has 0 saturated carbocycles. The zero-order valence-electron chi connectivity index (χ0n) is 6.92. The van der Waals surface area contributed by atoms with Crippen molar-refractivity contribution in [2.75, 3.05) is 13.2 Å². The van der Waals surface area contributed by atoms with E-state index in [1.807, 2.05) is 0 Å². The number of ether oxygens (including phenoxy) is 2. The molecular weight excluding hydrogens is 192 g/mol. The Morgan fingerprint density at radius 2 is 2.00 bits per heavy atom. The van der Waals surface area contributed by atoms with E-state index in [9.17, 15) is 5.11 Å². The van der Waals surface area contributed by atoms with Crippen LogP contribution < -0.4 is 9.47 Å². The number of hydrogen-bond acceptors (Lipinski definition) is 3. The van der Waals surface area contributed by atoms with Crippen molar-refractivity contribution in [1.29, 1.82) is 0 Å². The Morgan fingerprint density at radius 1 is 1.23 bits per heavy atom. The van der Waals surface area contributed by atoms with Gasteiger partial charge in [0.25, 0.3) is 0 Å². The average Bonchev–Trinajstić information content (AvgIpc) is 2.36. The summed E-state index contributed by atoms with van der Waals surface area (Å²) in [6.45, 7) is 1.15. The molecule has 70 valence electrons. The molecule has 3 nitrogen and oxygen atoms in total. The molecule has 1 aliphatic heterocycles. The summed E-state index contributed by atoms with van der Waals surface area (Å²) in [5, 5.41) is 9.81. The predicted octanol–water partition coefficient (Wildman–Crippen LogP) is 2.21. The van der Waals surface area contributed by atoms with E-state index in [4.69, 9.17) is 21.1 Å². The first kappa shape index (κ1) is 8.51. The van der Waals surface area contributed by atoms with Gasteiger partial charge in [0.2, 0.25) is 5.75 Å². The molecule has 0 bridgehead atoms. The number of fused-ring (bicyclic) bond motifs is 1. The first-order chi connectivity index (χ1) is 6.29. The molecular formula is C9H9ClO3. The minimum Gasteiger partial charge on any atom is -0.503 e. The molecule has 13 heavy (non-hydrogen) atoms. The average molecular weight is 201 g/mol. The van der Waals surface area contributed by atoms with Crippen LogP contribution in [0.15, 0.2) is 12.1 Å². The molecule has 0 atom stereocenters. The van der Waals surface area contributed by atoms with Gasteiger partial charge in [-0.2, -0.15) is 0 Å². The van der Waals surface area contributed by atoms with E-state index in [-0.39, 0.29) is 10.8 Å². The number of benzene rings is 1. The summed E-state index contributed by atoms with van der Waals surface area (Å²) >= 11 is 5.71. The molecule has 0 amide bonds. The van der Waals surface area contributed by atoms with Gasteiger partial charge in [-0.25, -0.2) is 0 Å². The standard InChI is InChI=1S/C9H9ClO3/c10-6-2-3-7-9(8(6)11)13-5-1-4-12-7/h2-3,11H,1,4-5H2. The summed E-state index contributed by atoms with van der Waals surface area (Å²) in [7, 11) is 0. The van der Waals surface area contributed by atoms with Crippen LogP contribution in [0.25, 0.3) is 0 Å². The molecule has 1 N–H and O–H groups in total. The Bertz CT molecular complexity index is 325. The van der Waals surface area contributed by atoms with Crippen LogP contribution in [0.4, 0.5) is 0 Å². The Hall–Kier alpha value is -1.09. The summed E-state index contributed by atoms with van der Waals surface area (Å²) < 4.78 is 10.6. The van der Waals surface area contributed by atoms with Gasteiger partial charge in [-0.1, -0.05) is 11.6 Å². The lowest BCUT2D eigenvalue weighted by molar-refractivity contribution is 0.291. The van der Waals surface area contributed by atoms with E-state index in [0.29, 0.717) is 24.7 Å². The molecule has 4 heteroatoms. The third kappa shape index (κ3) is 1.52. The van der Waals surface area contributed by atoms with Crippen LogP contribution in [0.1, 0.15) is 6.42 Å². The smallest absolute Gasteiger partial charge is 0.204 e. The van der Waals surface area contributed by atoms with Gasteiger partial charge in [0.15, 0.2) is 11.5 Å². The van der Waals surface area contributed by atoms with Gasteiger partial charge in [-0.3, -0.25) is 0 Å². The lowest BCUT2D eigenvalue weighted by Gasteiger charge is -2.08. The van der Waals surface area contributed by atoms with E-state index >= 15 is 0 Å². The highest BCUT2D eigenvalue weighted by Gasteiger charge is 2.16. The summed E-state index contributed by atoms with van der Waals surface area (Å²) in [5.41, 5.74) is 0. The molecule has 1 aromatic rings. The molecule has 0 aliphatic carbocycles. The zero-order chi connectivity index (χ0) is 9.26. The van der Waals surface area contributed by atoms with Crippen LogP contribution in [0.3, 0.4) is 0 Å². The minimum atomic E-state index is -0.0407. The van der Waals surface area contributed by atoms with Crippen LogP contribution in [-0.2, 0) is 0 Å². The minimum absolute atomic E-state index is 0.0407. The summed E-state index contributed by atoms with van der Waals surface area (Å²) in [6.07, 6.45) is 0.811. The van der Waals surface area contributed by atoms with Crippen molar-refractivity contribution in [2.45, 2.75) is 6.42 Å². The first-order valence-corrected chi connectivity index (χ1v) is 4.44. The van der Waals surface area contributed by atoms with E-state index in [1.54, 1.807) is 12.1 Å². The lowest BCUT2D eigenvalue weighted by atomic mass is 10.3. The predicted molar refractivity (Wildman–Crippen MR) is 48.7 cm³/mol. The topological polar surface area (TPSA) is 38.7 Å². The number of phenols is 1. The van der Waals surface area contributed by atoms with Crippen LogP contribution >= 0.6 is 11.6 Å². The molecule has 0 fully saturated rings. The molecule has 1 heterocycles. The summed E-state index contributed by atoms with van der Waals surface area (Å²) in [4.78, 5) is 0. The maximum atomic E-state index is 9.53. The van der Waals surface area contributed by atoms with Gasteiger partial charge < -0.3 is 14.6 Å². The Kier molecular flexibility index (Phi) is 2.19. The van der Waals surface area contributed by atoms with Crippen molar-refractivity contribution in [1.82, 2.24) is 0 Å². The number of phenolic OH excluding ortho intramolecular Hbond substituents is 1. The van der Waals surface area contributed by atoms with Crippen molar-refractivity contribution in [2.24, 2.45) is 0 Å². The summed E-state index contributed by atoms with van der Waals surface area (Å²) in [5.74, 6) is 0.866. The van der Waals surface area contributed by atoms with E-state index in [1.165, 1.54) is 0 Å². The third-order valence-electron chi connectivity index (χ3n) is 1.84. The monoisotopic (exact) mass is 200 g/mol. The van der Waals surface area contributed by atoms with Gasteiger partial charge in [0, 0.05) is 6.42 Å². The quantitative estimate of drug-likeness (QED) is 0.698. The fourth-order valence-electron chi connectivity index (χ4n) is 1.20. The van der Waals surface area contributed by atoms with E-state index in [0.717, 1.165) is 6.42 Å². The molecule has 0 saturated heterocycles. The molecule has 1 aromatic carbocycles. The molecule has 0 unspecified atom stereocenters. The van der Waals surface area contributed by atoms with E-state index < -0.39 is 0 Å². The fourth-order valence-corrected chi connectivity index (χ4v) is 1.35. The Morgan fingerprint density at radius 3 is 2.85 bits per heavy atom. The Labute approximate surface area is 80.8 Å². The molecule has 0 aromatic heterocycles. The summed E-state index contributed by atoms with van der Waals surface area (Å²) in [6, 6.07) is 3.28. The van der Waals surface area contributed by atoms with Crippen molar-refractivity contribution in [3.05, 3.63) is 17.2 Å². The molecule has 2 rings (SSSR count). The van der Waals surface area contributed by atoms with Crippen LogP contribution in [0.5, 0.6) is 17.2 Å². The third-order valence-corrected chi connectivity index (χ3v) is 2.14. The Balaban J connectivity index is 2.48. The second-order valence-electron chi connectivity index (χ2n) is 2.77. The number of halogens is 1. The van der Waals surface area contributed by atoms with Gasteiger partial charge in [0.1, 0.15) is 0 Å². The lowest BCUT2D eigenvalue weighted by Crippen LogP contribution is -1.97. The highest BCUT2D eigenvalue weighted by molar-refractivity contribution is 6.32. The van der Waals surface area contributed by atoms with Crippen LogP contribution in [0, 0.1) is 0 Å². The van der Waals surface area contributed by atoms with Crippen molar-refractivity contribution >= 4 is 11.6 Å². The molecule has 0 spiro atoms. The van der Waals surface area contributed by atoms with Crippen LogP contribution in [0.2, 0.25) is 5.02 Å². The van der Waals surface area contributed by atoms with Crippen LogP contribution in [-0.4, -0.2) is 18.3 Å². The van der Waals surface area contributed by atoms with Gasteiger partial charge in [-0.15, -0.1) is 0 Å². The van der Waals surface area contributed by atoms with Crippen molar-refractivity contribution < 1.29 is 14.6 Å². The van der Waals surface area contributed by atoms with Gasteiger partial charge >= 0.3 is 0 Å². The molecule has 1 aliphatic rings. The number of hydrogen-bond donors (Lipinski definition) is 1. The van der Waals surface area contributed by atoms with Gasteiger partial charge in [0.05, 0.1) is 18.2 Å². The normalized spacial score (nSPS) is 15.2. The number of aromatic hydroxyl groups is 1. The highest BCUT2D eigenvalue weighted by Crippen LogP contribution is 2.42. The maximum Gasteiger partial charge on any atom is 0.204 e. The fraction of sp³-hybridized carbons (Fsp3) is 0.333. The number of rotatable bonds is 0. The largest absolute Gasteiger partial charge is 0.503 e. The maximum absolute atomic E-state index is 9.53. The van der Waals surface area contributed by atoms with E-state index in [2.05, 4.69) is 0 Å². The van der Waals surface area contributed by atoms with Crippen molar-refractivity contribution in [3.8, 4) is 17.2 Å². The van der Waals surface area contributed by atoms with Crippen molar-refractivity contribution in [3.63, 3.8) is 0 Å².